The number of hydrogen-bond acceptors (Lipinski definition) is 5. The van der Waals surface area contributed by atoms with Gasteiger partial charge < -0.3 is 13.6 Å². The van der Waals surface area contributed by atoms with Crippen molar-refractivity contribution in [3.63, 3.8) is 0 Å². The fourth-order valence-corrected chi connectivity index (χ4v) is 3.30. The Morgan fingerprint density at radius 3 is 2.57 bits per heavy atom. The molecule has 2 aromatic carbocycles. The SMILES string of the molecule is Cc1ccc2oc(-c3ccccc3Cl)c(OC(=O)c3ccc(Br)o3)c(=O)c2c1. The molecule has 28 heavy (non-hydrogen) atoms. The average Bonchev–Trinajstić information content (AvgIpc) is 3.11. The first-order chi connectivity index (χ1) is 13.4. The maximum absolute atomic E-state index is 13.1. The van der Waals surface area contributed by atoms with E-state index in [1.54, 1.807) is 42.5 Å². The van der Waals surface area contributed by atoms with Crippen molar-refractivity contribution in [1.82, 2.24) is 0 Å². The van der Waals surface area contributed by atoms with Crippen molar-refractivity contribution >= 4 is 44.5 Å². The second-order valence-electron chi connectivity index (χ2n) is 6.06. The topological polar surface area (TPSA) is 69.7 Å². The molecule has 0 bridgehead atoms. The van der Waals surface area contributed by atoms with Crippen molar-refractivity contribution in [2.24, 2.45) is 0 Å². The molecule has 0 unspecified atom stereocenters. The van der Waals surface area contributed by atoms with Gasteiger partial charge in [0.15, 0.2) is 10.4 Å². The maximum Gasteiger partial charge on any atom is 0.379 e. The smallest absolute Gasteiger partial charge is 0.379 e. The van der Waals surface area contributed by atoms with E-state index in [-0.39, 0.29) is 17.3 Å². The number of furan rings is 1. The summed E-state index contributed by atoms with van der Waals surface area (Å²) >= 11 is 9.42. The third-order valence-corrected chi connectivity index (χ3v) is 4.85. The Balaban J connectivity index is 1.95. The second-order valence-corrected chi connectivity index (χ2v) is 7.25. The normalized spacial score (nSPS) is 11.0. The molecule has 0 atom stereocenters. The molecule has 5 nitrogen and oxygen atoms in total. The summed E-state index contributed by atoms with van der Waals surface area (Å²) in [4.78, 5) is 25.6. The van der Waals surface area contributed by atoms with E-state index in [1.165, 1.54) is 6.07 Å². The summed E-state index contributed by atoms with van der Waals surface area (Å²) in [5.41, 5.74) is 1.20. The number of ether oxygens (including phenoxy) is 1. The number of benzene rings is 2. The van der Waals surface area contributed by atoms with Crippen LogP contribution in [0.4, 0.5) is 0 Å². The monoisotopic (exact) mass is 458 g/mol. The zero-order valence-electron chi connectivity index (χ0n) is 14.5. The average molecular weight is 460 g/mol. The highest BCUT2D eigenvalue weighted by molar-refractivity contribution is 9.10. The van der Waals surface area contributed by atoms with E-state index in [4.69, 9.17) is 25.2 Å². The maximum atomic E-state index is 13.1. The molecule has 0 aliphatic carbocycles. The first-order valence-corrected chi connectivity index (χ1v) is 9.41. The predicted octanol–water partition coefficient (Wildman–Crippen LogP) is 6.00. The Morgan fingerprint density at radius 1 is 1.07 bits per heavy atom. The molecule has 0 saturated heterocycles. The Kier molecular flexibility index (Phi) is 4.83. The quantitative estimate of drug-likeness (QED) is 0.352. The van der Waals surface area contributed by atoms with E-state index < -0.39 is 11.4 Å². The van der Waals surface area contributed by atoms with Gasteiger partial charge in [-0.15, -0.1) is 0 Å². The Hall–Kier alpha value is -2.83. The minimum atomic E-state index is -0.821. The van der Waals surface area contributed by atoms with Crippen LogP contribution in [0.15, 0.2) is 72.9 Å². The zero-order valence-corrected chi connectivity index (χ0v) is 16.8. The van der Waals surface area contributed by atoms with Gasteiger partial charge in [0.25, 0.3) is 0 Å². The van der Waals surface area contributed by atoms with E-state index in [0.29, 0.717) is 26.2 Å². The lowest BCUT2D eigenvalue weighted by Crippen LogP contribution is -2.16. The van der Waals surface area contributed by atoms with Crippen LogP contribution in [-0.2, 0) is 0 Å². The van der Waals surface area contributed by atoms with E-state index in [0.717, 1.165) is 5.56 Å². The Labute approximate surface area is 172 Å². The highest BCUT2D eigenvalue weighted by atomic mass is 79.9. The van der Waals surface area contributed by atoms with Crippen LogP contribution < -0.4 is 10.2 Å². The Morgan fingerprint density at radius 2 is 1.86 bits per heavy atom. The van der Waals surface area contributed by atoms with Gasteiger partial charge >= 0.3 is 5.97 Å². The van der Waals surface area contributed by atoms with Crippen LogP contribution in [0, 0.1) is 6.92 Å². The summed E-state index contributed by atoms with van der Waals surface area (Å²) < 4.78 is 16.9. The van der Waals surface area contributed by atoms with E-state index in [2.05, 4.69) is 15.9 Å². The minimum absolute atomic E-state index is 0.0549. The first-order valence-electron chi connectivity index (χ1n) is 8.24. The van der Waals surface area contributed by atoms with Crippen LogP contribution in [0.2, 0.25) is 5.02 Å². The van der Waals surface area contributed by atoms with Gasteiger partial charge in [0.2, 0.25) is 16.9 Å². The molecule has 0 radical (unpaired) electrons. The highest BCUT2D eigenvalue weighted by Crippen LogP contribution is 2.35. The van der Waals surface area contributed by atoms with Crippen LogP contribution in [0.25, 0.3) is 22.3 Å². The number of halogens is 2. The van der Waals surface area contributed by atoms with Crippen LogP contribution >= 0.6 is 27.5 Å². The number of rotatable bonds is 3. The third kappa shape index (κ3) is 3.37. The molecule has 0 aliphatic rings. The molecule has 0 fully saturated rings. The van der Waals surface area contributed by atoms with Crippen molar-refractivity contribution in [2.75, 3.05) is 0 Å². The van der Waals surface area contributed by atoms with E-state index in [1.807, 2.05) is 13.0 Å². The summed E-state index contributed by atoms with van der Waals surface area (Å²) in [5, 5.41) is 0.661. The molecule has 2 aromatic heterocycles. The van der Waals surface area contributed by atoms with Crippen molar-refractivity contribution < 1.29 is 18.4 Å². The molecule has 4 aromatic rings. The standard InChI is InChI=1S/C21H12BrClO5/c1-11-6-7-15-13(10-11)18(24)20(28-21(25)16-8-9-17(22)26-16)19(27-15)12-4-2-3-5-14(12)23/h2-10H,1H3. The molecule has 0 amide bonds. The molecule has 0 saturated carbocycles. The summed E-state index contributed by atoms with van der Waals surface area (Å²) in [6.07, 6.45) is 0. The molecule has 0 spiro atoms. The van der Waals surface area contributed by atoms with Gasteiger partial charge in [0.1, 0.15) is 5.58 Å². The van der Waals surface area contributed by atoms with Crippen LogP contribution in [0.1, 0.15) is 16.1 Å². The second kappa shape index (κ2) is 7.30. The van der Waals surface area contributed by atoms with Crippen LogP contribution in [-0.4, -0.2) is 5.97 Å². The summed E-state index contributed by atoms with van der Waals surface area (Å²) in [5.74, 6) is -1.05. The van der Waals surface area contributed by atoms with Gasteiger partial charge in [0.05, 0.1) is 10.4 Å². The fourth-order valence-electron chi connectivity index (χ4n) is 2.77. The molecule has 7 heteroatoms. The van der Waals surface area contributed by atoms with Crippen molar-refractivity contribution in [3.8, 4) is 17.1 Å². The number of carbonyl (C=O) groups excluding carboxylic acids is 1. The van der Waals surface area contributed by atoms with Gasteiger partial charge in [-0.1, -0.05) is 35.4 Å². The van der Waals surface area contributed by atoms with Gasteiger partial charge in [-0.25, -0.2) is 4.79 Å². The minimum Gasteiger partial charge on any atom is -0.452 e. The Bertz CT molecular complexity index is 1270. The number of aryl methyl sites for hydroxylation is 1. The van der Waals surface area contributed by atoms with Gasteiger partial charge in [-0.05, 0) is 59.3 Å². The molecule has 0 N–H and O–H groups in total. The third-order valence-electron chi connectivity index (χ3n) is 4.09. The van der Waals surface area contributed by atoms with Crippen LogP contribution in [0.3, 0.4) is 0 Å². The van der Waals surface area contributed by atoms with Gasteiger partial charge in [-0.3, -0.25) is 4.79 Å². The predicted molar refractivity (Wildman–Crippen MR) is 109 cm³/mol. The summed E-state index contributed by atoms with van der Waals surface area (Å²) in [7, 11) is 0. The number of hydrogen-bond donors (Lipinski definition) is 0. The first kappa shape index (κ1) is 18.5. The molecular weight excluding hydrogens is 448 g/mol. The van der Waals surface area contributed by atoms with E-state index >= 15 is 0 Å². The van der Waals surface area contributed by atoms with Crippen molar-refractivity contribution in [2.45, 2.75) is 6.92 Å². The molecule has 140 valence electrons. The lowest BCUT2D eigenvalue weighted by Gasteiger charge is -2.11. The highest BCUT2D eigenvalue weighted by Gasteiger charge is 2.24. The molecule has 2 heterocycles. The molecular formula is C21H12BrClO5. The molecule has 4 rings (SSSR count). The largest absolute Gasteiger partial charge is 0.452 e. The van der Waals surface area contributed by atoms with Crippen molar-refractivity contribution in [3.05, 3.63) is 85.8 Å². The van der Waals surface area contributed by atoms with Gasteiger partial charge in [0, 0.05) is 5.56 Å². The number of esters is 1. The summed E-state index contributed by atoms with van der Waals surface area (Å²) in [6.45, 7) is 1.85. The number of fused-ring (bicyclic) bond motifs is 1. The van der Waals surface area contributed by atoms with E-state index in [9.17, 15) is 9.59 Å². The van der Waals surface area contributed by atoms with Gasteiger partial charge in [-0.2, -0.15) is 0 Å². The molecule has 0 aliphatic heterocycles. The zero-order chi connectivity index (χ0) is 19.8. The van der Waals surface area contributed by atoms with Crippen LogP contribution in [0.5, 0.6) is 5.75 Å². The summed E-state index contributed by atoms with van der Waals surface area (Å²) in [6, 6.07) is 15.0. The van der Waals surface area contributed by atoms with Crippen molar-refractivity contribution in [1.29, 1.82) is 0 Å². The lowest BCUT2D eigenvalue weighted by molar-refractivity contribution is 0.0696. The number of carbonyl (C=O) groups is 1. The fraction of sp³-hybridized carbons (Fsp3) is 0.0476. The lowest BCUT2D eigenvalue weighted by atomic mass is 10.1.